The molecule has 0 spiro atoms. The summed E-state index contributed by atoms with van der Waals surface area (Å²) in [4.78, 5) is 38.3. The highest BCUT2D eigenvalue weighted by Gasteiger charge is 2.33. The maximum Gasteiger partial charge on any atom is 0.252 e. The molecule has 154 valence electrons. The number of hydrogen-bond donors (Lipinski definition) is 2. The number of amides is 1. The number of H-pyrrole nitrogens is 1. The van der Waals surface area contributed by atoms with E-state index in [1.54, 1.807) is 6.20 Å². The molecule has 7 nitrogen and oxygen atoms in total. The first-order valence-corrected chi connectivity index (χ1v) is 10.1. The van der Waals surface area contributed by atoms with E-state index in [0.717, 1.165) is 28.9 Å². The largest absolute Gasteiger partial charge is 0.355 e. The summed E-state index contributed by atoms with van der Waals surface area (Å²) in [5, 5.41) is 3.16. The molecule has 0 bridgehead atoms. The normalized spacial score (nSPS) is 16.1. The monoisotopic (exact) mass is 403 g/mol. The SMILES string of the molecule is Cc1cccc(N2CC(c3cc(=O)[nH]c(NCCc4ccccn4)n3)CC2=O)c1C. The first-order valence-electron chi connectivity index (χ1n) is 10.1. The van der Waals surface area contributed by atoms with Crippen molar-refractivity contribution in [3.63, 3.8) is 0 Å². The van der Waals surface area contributed by atoms with Crippen LogP contribution in [0.3, 0.4) is 0 Å². The third kappa shape index (κ3) is 4.25. The molecule has 2 aromatic heterocycles. The number of carbonyl (C=O) groups excluding carboxylic acids is 1. The molecule has 1 unspecified atom stereocenters. The van der Waals surface area contributed by atoms with Gasteiger partial charge in [-0.2, -0.15) is 0 Å². The van der Waals surface area contributed by atoms with Crippen LogP contribution in [0.4, 0.5) is 11.6 Å². The van der Waals surface area contributed by atoms with E-state index in [0.29, 0.717) is 31.2 Å². The number of anilines is 2. The Kier molecular flexibility index (Phi) is 5.61. The molecular formula is C23H25N5O2. The van der Waals surface area contributed by atoms with Gasteiger partial charge >= 0.3 is 0 Å². The molecule has 2 N–H and O–H groups in total. The topological polar surface area (TPSA) is 91.0 Å². The van der Waals surface area contributed by atoms with Crippen molar-refractivity contribution < 1.29 is 4.79 Å². The van der Waals surface area contributed by atoms with E-state index in [1.807, 2.05) is 55.1 Å². The number of aryl methyl sites for hydroxylation is 1. The molecule has 0 aliphatic carbocycles. The van der Waals surface area contributed by atoms with Gasteiger partial charge in [-0.05, 0) is 43.2 Å². The smallest absolute Gasteiger partial charge is 0.252 e. The van der Waals surface area contributed by atoms with Crippen molar-refractivity contribution in [2.75, 3.05) is 23.3 Å². The fraction of sp³-hybridized carbons (Fsp3) is 0.304. The molecule has 3 aromatic rings. The second-order valence-corrected chi connectivity index (χ2v) is 7.64. The van der Waals surface area contributed by atoms with Gasteiger partial charge in [-0.15, -0.1) is 0 Å². The minimum absolute atomic E-state index is 0.0560. The third-order valence-corrected chi connectivity index (χ3v) is 5.57. The molecule has 4 rings (SSSR count). The molecular weight excluding hydrogens is 378 g/mol. The fourth-order valence-electron chi connectivity index (χ4n) is 3.79. The van der Waals surface area contributed by atoms with Crippen molar-refractivity contribution in [3.8, 4) is 0 Å². The van der Waals surface area contributed by atoms with Crippen molar-refractivity contribution in [2.45, 2.75) is 32.6 Å². The number of benzene rings is 1. The summed E-state index contributed by atoms with van der Waals surface area (Å²) in [6.07, 6.45) is 2.82. The molecule has 1 aliphatic heterocycles. The molecule has 7 heteroatoms. The zero-order chi connectivity index (χ0) is 21.1. The van der Waals surface area contributed by atoms with Gasteiger partial charge in [0, 0.05) is 55.5 Å². The first kappa shape index (κ1) is 19.8. The van der Waals surface area contributed by atoms with Gasteiger partial charge in [0.15, 0.2) is 0 Å². The number of aromatic nitrogens is 3. The van der Waals surface area contributed by atoms with Crippen LogP contribution < -0.4 is 15.8 Å². The predicted molar refractivity (Wildman–Crippen MR) is 117 cm³/mol. The van der Waals surface area contributed by atoms with Gasteiger partial charge in [0.2, 0.25) is 11.9 Å². The zero-order valence-corrected chi connectivity index (χ0v) is 17.2. The summed E-state index contributed by atoms with van der Waals surface area (Å²) in [6.45, 7) is 5.19. The number of nitrogens with one attached hydrogen (secondary N) is 2. The van der Waals surface area contributed by atoms with Crippen LogP contribution in [0.5, 0.6) is 0 Å². The molecule has 0 saturated carbocycles. The van der Waals surface area contributed by atoms with Gasteiger partial charge in [-0.3, -0.25) is 19.6 Å². The number of carbonyl (C=O) groups is 1. The first-order chi connectivity index (χ1) is 14.5. The summed E-state index contributed by atoms with van der Waals surface area (Å²) >= 11 is 0. The van der Waals surface area contributed by atoms with Crippen molar-refractivity contribution >= 4 is 17.5 Å². The molecule has 1 atom stereocenters. The maximum absolute atomic E-state index is 12.7. The number of nitrogens with zero attached hydrogens (tertiary/aromatic N) is 3. The van der Waals surface area contributed by atoms with E-state index < -0.39 is 0 Å². The third-order valence-electron chi connectivity index (χ3n) is 5.57. The highest BCUT2D eigenvalue weighted by molar-refractivity contribution is 5.97. The summed E-state index contributed by atoms with van der Waals surface area (Å²) < 4.78 is 0. The molecule has 30 heavy (non-hydrogen) atoms. The molecule has 0 radical (unpaired) electrons. The quantitative estimate of drug-likeness (QED) is 0.660. The lowest BCUT2D eigenvalue weighted by molar-refractivity contribution is -0.117. The number of aromatic amines is 1. The average molecular weight is 403 g/mol. The highest BCUT2D eigenvalue weighted by Crippen LogP contribution is 2.33. The Labute approximate surface area is 175 Å². The van der Waals surface area contributed by atoms with E-state index in [4.69, 9.17) is 0 Å². The van der Waals surface area contributed by atoms with Crippen molar-refractivity contribution in [1.82, 2.24) is 15.0 Å². The summed E-state index contributed by atoms with van der Waals surface area (Å²) in [6, 6.07) is 13.3. The minimum atomic E-state index is -0.224. The molecule has 1 amide bonds. The molecule has 1 aromatic carbocycles. The Morgan fingerprint density at radius 2 is 2.03 bits per heavy atom. The van der Waals surface area contributed by atoms with Crippen LogP contribution in [0.15, 0.2) is 53.5 Å². The van der Waals surface area contributed by atoms with Crippen molar-refractivity contribution in [2.24, 2.45) is 0 Å². The van der Waals surface area contributed by atoms with Crippen LogP contribution in [-0.2, 0) is 11.2 Å². The standard InChI is InChI=1S/C23H25N5O2/c1-15-6-5-8-20(16(15)2)28-14-17(12-22(28)30)19-13-21(29)27-23(26-19)25-11-9-18-7-3-4-10-24-18/h3-8,10,13,17H,9,11-12,14H2,1-2H3,(H2,25,26,27,29). The highest BCUT2D eigenvalue weighted by atomic mass is 16.2. The Hall–Kier alpha value is -3.48. The van der Waals surface area contributed by atoms with Crippen molar-refractivity contribution in [1.29, 1.82) is 0 Å². The van der Waals surface area contributed by atoms with Crippen molar-refractivity contribution in [3.05, 3.63) is 81.5 Å². The van der Waals surface area contributed by atoms with Crippen LogP contribution in [-0.4, -0.2) is 33.9 Å². The molecule has 1 aliphatic rings. The van der Waals surface area contributed by atoms with Crippen LogP contribution in [0, 0.1) is 13.8 Å². The van der Waals surface area contributed by atoms with Gasteiger partial charge in [0.1, 0.15) is 0 Å². The van der Waals surface area contributed by atoms with Gasteiger partial charge in [0.05, 0.1) is 5.69 Å². The van der Waals surface area contributed by atoms with E-state index in [-0.39, 0.29) is 17.4 Å². The minimum Gasteiger partial charge on any atom is -0.355 e. The van der Waals surface area contributed by atoms with Crippen LogP contribution in [0.2, 0.25) is 0 Å². The number of pyridine rings is 1. The van der Waals surface area contributed by atoms with Gasteiger partial charge in [-0.1, -0.05) is 18.2 Å². The van der Waals surface area contributed by atoms with Crippen LogP contribution in [0.1, 0.15) is 34.9 Å². The molecule has 1 fully saturated rings. The Bertz CT molecular complexity index is 1110. The van der Waals surface area contributed by atoms with Crippen LogP contribution in [0.25, 0.3) is 0 Å². The Morgan fingerprint density at radius 1 is 1.17 bits per heavy atom. The lowest BCUT2D eigenvalue weighted by atomic mass is 10.0. The average Bonchev–Trinajstić information content (AvgIpc) is 3.12. The lowest BCUT2D eigenvalue weighted by Gasteiger charge is -2.20. The van der Waals surface area contributed by atoms with E-state index in [9.17, 15) is 9.59 Å². The Morgan fingerprint density at radius 3 is 2.83 bits per heavy atom. The summed E-state index contributed by atoms with van der Waals surface area (Å²) in [5.74, 6) is 0.363. The van der Waals surface area contributed by atoms with E-state index in [2.05, 4.69) is 20.3 Å². The Balaban J connectivity index is 1.48. The summed E-state index contributed by atoms with van der Waals surface area (Å²) in [5.41, 5.74) is 4.56. The zero-order valence-electron chi connectivity index (χ0n) is 17.2. The lowest BCUT2D eigenvalue weighted by Crippen LogP contribution is -2.25. The predicted octanol–water partition coefficient (Wildman–Crippen LogP) is 2.96. The summed E-state index contributed by atoms with van der Waals surface area (Å²) in [7, 11) is 0. The number of rotatable bonds is 6. The second-order valence-electron chi connectivity index (χ2n) is 7.64. The van der Waals surface area contributed by atoms with E-state index >= 15 is 0 Å². The van der Waals surface area contributed by atoms with Gasteiger partial charge in [-0.25, -0.2) is 4.98 Å². The fourth-order valence-corrected chi connectivity index (χ4v) is 3.79. The molecule has 1 saturated heterocycles. The maximum atomic E-state index is 12.7. The second kappa shape index (κ2) is 8.49. The van der Waals surface area contributed by atoms with Crippen LogP contribution >= 0.6 is 0 Å². The number of hydrogen-bond acceptors (Lipinski definition) is 5. The van der Waals surface area contributed by atoms with Gasteiger partial charge < -0.3 is 10.2 Å². The van der Waals surface area contributed by atoms with Gasteiger partial charge in [0.25, 0.3) is 5.56 Å². The van der Waals surface area contributed by atoms with E-state index in [1.165, 1.54) is 6.07 Å². The molecule has 3 heterocycles.